The van der Waals surface area contributed by atoms with Crippen molar-refractivity contribution in [3.8, 4) is 5.69 Å². The number of nitrogens with zero attached hydrogens (tertiary/aromatic N) is 2. The van der Waals surface area contributed by atoms with Gasteiger partial charge in [0.15, 0.2) is 7.14 Å². The van der Waals surface area contributed by atoms with E-state index in [1.807, 2.05) is 66.7 Å². The van der Waals surface area contributed by atoms with Crippen molar-refractivity contribution in [1.29, 1.82) is 0 Å². The van der Waals surface area contributed by atoms with Gasteiger partial charge in [0.25, 0.3) is 0 Å². The molecule has 1 aliphatic rings. The van der Waals surface area contributed by atoms with Gasteiger partial charge in [-0.05, 0) is 24.3 Å². The van der Waals surface area contributed by atoms with E-state index in [1.54, 1.807) is 0 Å². The van der Waals surface area contributed by atoms with Crippen LogP contribution in [-0.2, 0) is 9.98 Å². The lowest BCUT2D eigenvalue weighted by Crippen LogP contribution is -2.34. The Labute approximate surface area is 159 Å². The van der Waals surface area contributed by atoms with Crippen LogP contribution in [0, 0.1) is 0 Å². The van der Waals surface area contributed by atoms with Crippen LogP contribution in [0.3, 0.4) is 0 Å². The zero-order chi connectivity index (χ0) is 18.8. The summed E-state index contributed by atoms with van der Waals surface area (Å²) in [7, 11) is -2.96. The van der Waals surface area contributed by atoms with Crippen LogP contribution in [0.25, 0.3) is 16.7 Å². The summed E-state index contributed by atoms with van der Waals surface area (Å²) < 4.78 is 16.9. The zero-order valence-corrected chi connectivity index (χ0v) is 16.6. The second-order valence-corrected chi connectivity index (χ2v) is 10.8. The van der Waals surface area contributed by atoms with E-state index < -0.39 is 7.14 Å². The van der Waals surface area contributed by atoms with Gasteiger partial charge in [0.2, 0.25) is 0 Å². The summed E-state index contributed by atoms with van der Waals surface area (Å²) in [6.45, 7) is 6.52. The van der Waals surface area contributed by atoms with E-state index in [9.17, 15) is 4.57 Å². The minimum Gasteiger partial charge on any atom is -0.308 e. The quantitative estimate of drug-likeness (QED) is 0.412. The van der Waals surface area contributed by atoms with E-state index in [2.05, 4.69) is 31.4 Å². The molecule has 0 fully saturated rings. The summed E-state index contributed by atoms with van der Waals surface area (Å²) >= 11 is 0. The largest absolute Gasteiger partial charge is 0.308 e. The Morgan fingerprint density at radius 3 is 2.22 bits per heavy atom. The van der Waals surface area contributed by atoms with Gasteiger partial charge in [-0.3, -0.25) is 4.57 Å². The average molecular weight is 372 g/mol. The highest BCUT2D eigenvalue weighted by atomic mass is 31.2. The van der Waals surface area contributed by atoms with Crippen molar-refractivity contribution >= 4 is 34.1 Å². The minimum atomic E-state index is -2.96. The Balaban J connectivity index is 2.02. The molecule has 1 aromatic heterocycles. The summed E-state index contributed by atoms with van der Waals surface area (Å²) in [4.78, 5) is 4.96. The monoisotopic (exact) mass is 372 g/mol. The number of hydrogen-bond donors (Lipinski definition) is 0. The molecule has 4 heteroatoms. The molecule has 0 saturated heterocycles. The second-order valence-electron chi connectivity index (χ2n) is 8.10. The molecule has 3 nitrogen and oxygen atoms in total. The van der Waals surface area contributed by atoms with E-state index in [1.165, 1.54) is 0 Å². The van der Waals surface area contributed by atoms with Crippen LogP contribution in [0.15, 0.2) is 72.8 Å². The van der Waals surface area contributed by atoms with Crippen LogP contribution < -0.4 is 15.9 Å². The van der Waals surface area contributed by atoms with Crippen molar-refractivity contribution in [3.05, 3.63) is 78.6 Å². The van der Waals surface area contributed by atoms with Crippen molar-refractivity contribution in [2.75, 3.05) is 0 Å². The normalized spacial score (nSPS) is 18.5. The summed E-state index contributed by atoms with van der Waals surface area (Å²) in [6.07, 6.45) is 0. The standard InChI is InChI=1S/C23H21N2OP/c1-23(2,3)22-24-17-12-9-15-20-21(17)25(22)18-13-7-8-14-19(18)27(20,26)16-10-5-4-6-11-16/h4-15H,1-3H3. The first-order chi connectivity index (χ1) is 12.9. The third-order valence-corrected chi connectivity index (χ3v) is 8.37. The maximum Gasteiger partial charge on any atom is 0.175 e. The second kappa shape index (κ2) is 5.43. The first kappa shape index (κ1) is 16.5. The fourth-order valence-electron chi connectivity index (χ4n) is 4.07. The molecule has 0 N–H and O–H groups in total. The molecule has 5 rings (SSSR count). The molecule has 1 atom stereocenters. The van der Waals surface area contributed by atoms with Gasteiger partial charge in [-0.1, -0.05) is 69.3 Å². The maximum atomic E-state index is 14.7. The highest BCUT2D eigenvalue weighted by molar-refractivity contribution is 7.86. The lowest BCUT2D eigenvalue weighted by molar-refractivity contribution is 0.539. The lowest BCUT2D eigenvalue weighted by atomic mass is 9.95. The number of fused-ring (bicyclic) bond motifs is 2. The molecule has 0 saturated carbocycles. The van der Waals surface area contributed by atoms with Crippen LogP contribution >= 0.6 is 7.14 Å². The smallest absolute Gasteiger partial charge is 0.175 e. The van der Waals surface area contributed by atoms with Gasteiger partial charge in [0.1, 0.15) is 5.82 Å². The molecule has 3 aromatic carbocycles. The maximum absolute atomic E-state index is 14.7. The van der Waals surface area contributed by atoms with Crippen molar-refractivity contribution < 1.29 is 4.57 Å². The number of hydrogen-bond acceptors (Lipinski definition) is 2. The Morgan fingerprint density at radius 1 is 0.815 bits per heavy atom. The number of rotatable bonds is 1. The molecule has 27 heavy (non-hydrogen) atoms. The molecular formula is C23H21N2OP. The molecule has 134 valence electrons. The predicted octanol–water partition coefficient (Wildman–Crippen LogP) is 4.28. The van der Waals surface area contributed by atoms with Gasteiger partial charge in [0.05, 0.1) is 16.7 Å². The molecule has 0 spiro atoms. The summed E-state index contributed by atoms with van der Waals surface area (Å²) in [5.41, 5.74) is 2.74. The third kappa shape index (κ3) is 2.15. The number of para-hydroxylation sites is 2. The third-order valence-electron chi connectivity index (χ3n) is 5.25. The summed E-state index contributed by atoms with van der Waals surface area (Å²) in [6, 6.07) is 23.9. The summed E-state index contributed by atoms with van der Waals surface area (Å²) in [5, 5.41) is 2.64. The molecule has 1 aliphatic heterocycles. The van der Waals surface area contributed by atoms with Gasteiger partial charge in [-0.25, -0.2) is 4.98 Å². The molecule has 1 unspecified atom stereocenters. The van der Waals surface area contributed by atoms with Crippen LogP contribution in [-0.4, -0.2) is 9.55 Å². The molecule has 0 aliphatic carbocycles. The molecule has 0 amide bonds. The molecule has 0 radical (unpaired) electrons. The fourth-order valence-corrected chi connectivity index (χ4v) is 7.08. The van der Waals surface area contributed by atoms with Crippen LogP contribution in [0.1, 0.15) is 26.6 Å². The van der Waals surface area contributed by atoms with Crippen molar-refractivity contribution in [1.82, 2.24) is 9.55 Å². The van der Waals surface area contributed by atoms with Gasteiger partial charge < -0.3 is 4.57 Å². The Hall–Kier alpha value is -2.64. The van der Waals surface area contributed by atoms with Crippen molar-refractivity contribution in [3.63, 3.8) is 0 Å². The molecular weight excluding hydrogens is 351 g/mol. The molecule has 0 bridgehead atoms. The Morgan fingerprint density at radius 2 is 1.48 bits per heavy atom. The Kier molecular flexibility index (Phi) is 3.33. The van der Waals surface area contributed by atoms with E-state index in [0.717, 1.165) is 38.5 Å². The van der Waals surface area contributed by atoms with E-state index in [0.29, 0.717) is 0 Å². The number of imidazole rings is 1. The Bertz CT molecular complexity index is 1230. The average Bonchev–Trinajstić information content (AvgIpc) is 3.08. The highest BCUT2D eigenvalue weighted by Crippen LogP contribution is 2.49. The molecule has 2 heterocycles. The van der Waals surface area contributed by atoms with Crippen LogP contribution in [0.5, 0.6) is 0 Å². The first-order valence-corrected chi connectivity index (χ1v) is 10.9. The summed E-state index contributed by atoms with van der Waals surface area (Å²) in [5.74, 6) is 0.997. The first-order valence-electron chi connectivity index (χ1n) is 9.20. The SMILES string of the molecule is CC(C)(C)c1nc2cccc3c2n1-c1ccccc1P3(=O)c1ccccc1. The number of benzene rings is 3. The topological polar surface area (TPSA) is 34.9 Å². The highest BCUT2D eigenvalue weighted by Gasteiger charge is 2.40. The lowest BCUT2D eigenvalue weighted by Gasteiger charge is -2.30. The van der Waals surface area contributed by atoms with Crippen LogP contribution in [0.4, 0.5) is 0 Å². The van der Waals surface area contributed by atoms with Crippen molar-refractivity contribution in [2.24, 2.45) is 0 Å². The molecule has 4 aromatic rings. The van der Waals surface area contributed by atoms with Gasteiger partial charge in [0, 0.05) is 21.3 Å². The fraction of sp³-hybridized carbons (Fsp3) is 0.174. The van der Waals surface area contributed by atoms with Crippen LogP contribution in [0.2, 0.25) is 0 Å². The number of aromatic nitrogens is 2. The van der Waals surface area contributed by atoms with E-state index in [4.69, 9.17) is 4.98 Å². The van der Waals surface area contributed by atoms with Gasteiger partial charge in [-0.15, -0.1) is 0 Å². The van der Waals surface area contributed by atoms with E-state index >= 15 is 0 Å². The minimum absolute atomic E-state index is 0.128. The van der Waals surface area contributed by atoms with Crippen molar-refractivity contribution in [2.45, 2.75) is 26.2 Å². The predicted molar refractivity (Wildman–Crippen MR) is 113 cm³/mol. The van der Waals surface area contributed by atoms with Gasteiger partial charge >= 0.3 is 0 Å². The van der Waals surface area contributed by atoms with E-state index in [-0.39, 0.29) is 5.41 Å². The van der Waals surface area contributed by atoms with Gasteiger partial charge in [-0.2, -0.15) is 0 Å². The zero-order valence-electron chi connectivity index (χ0n) is 15.7.